The molecule has 1 aromatic carbocycles. The number of benzene rings is 1. The minimum absolute atomic E-state index is 0.0940. The fourth-order valence-corrected chi connectivity index (χ4v) is 3.63. The summed E-state index contributed by atoms with van der Waals surface area (Å²) in [5, 5.41) is 12.6. The number of nitrogens with one attached hydrogen (secondary N) is 1. The molecule has 0 spiro atoms. The van der Waals surface area contributed by atoms with Crippen LogP contribution in [0.5, 0.6) is 0 Å². The molecule has 0 aliphatic rings. The van der Waals surface area contributed by atoms with Gasteiger partial charge in [0.2, 0.25) is 5.89 Å². The minimum atomic E-state index is -0.586. The van der Waals surface area contributed by atoms with Crippen molar-refractivity contribution >= 4 is 41.1 Å². The van der Waals surface area contributed by atoms with Crippen molar-refractivity contribution in [3.63, 3.8) is 0 Å². The zero-order valence-electron chi connectivity index (χ0n) is 16.6. The summed E-state index contributed by atoms with van der Waals surface area (Å²) in [5.41, 5.74) is 0.332. The summed E-state index contributed by atoms with van der Waals surface area (Å²) < 4.78 is 11.1. The Hall–Kier alpha value is -1.44. The predicted octanol–water partition coefficient (Wildman–Crippen LogP) is 6.28. The van der Waals surface area contributed by atoms with Crippen LogP contribution in [0.25, 0.3) is 0 Å². The minimum Gasteiger partial charge on any atom is -0.444 e. The zero-order valence-corrected chi connectivity index (χ0v) is 18.9. The lowest BCUT2D eigenvalue weighted by Gasteiger charge is -2.24. The van der Waals surface area contributed by atoms with Gasteiger partial charge in [0.25, 0.3) is 5.22 Å². The van der Waals surface area contributed by atoms with Gasteiger partial charge in [-0.05, 0) is 44.4 Å². The highest BCUT2D eigenvalue weighted by atomic mass is 35.5. The van der Waals surface area contributed by atoms with Crippen LogP contribution in [-0.2, 0) is 10.5 Å². The molecule has 1 N–H and O–H groups in total. The number of aromatic nitrogens is 2. The van der Waals surface area contributed by atoms with Crippen LogP contribution in [0.4, 0.5) is 4.79 Å². The normalized spacial score (nSPS) is 13.8. The summed E-state index contributed by atoms with van der Waals surface area (Å²) in [7, 11) is 0. The maximum atomic E-state index is 12.2. The van der Waals surface area contributed by atoms with Crippen LogP contribution in [-0.4, -0.2) is 21.9 Å². The lowest BCUT2D eigenvalue weighted by molar-refractivity contribution is 0.0474. The third-order valence-corrected chi connectivity index (χ3v) is 5.39. The average molecular weight is 446 g/mol. The van der Waals surface area contributed by atoms with Gasteiger partial charge in [0.15, 0.2) is 0 Å². The summed E-state index contributed by atoms with van der Waals surface area (Å²) in [5.74, 6) is 1.01. The molecule has 0 aliphatic carbocycles. The van der Waals surface area contributed by atoms with Gasteiger partial charge >= 0.3 is 6.09 Å². The van der Waals surface area contributed by atoms with Crippen molar-refractivity contribution in [1.82, 2.24) is 15.5 Å². The van der Waals surface area contributed by atoms with Crippen LogP contribution < -0.4 is 5.32 Å². The molecule has 0 bridgehead atoms. The van der Waals surface area contributed by atoms with Crippen LogP contribution >= 0.6 is 35.0 Å². The summed E-state index contributed by atoms with van der Waals surface area (Å²) in [6.45, 7) is 9.48. The van der Waals surface area contributed by atoms with E-state index >= 15 is 0 Å². The topological polar surface area (TPSA) is 77.2 Å². The van der Waals surface area contributed by atoms with Gasteiger partial charge in [-0.2, -0.15) is 0 Å². The number of rotatable bonds is 7. The number of nitrogens with zero attached hydrogens (tertiary/aromatic N) is 2. The van der Waals surface area contributed by atoms with E-state index in [1.165, 1.54) is 11.8 Å². The quantitative estimate of drug-likeness (QED) is 0.505. The van der Waals surface area contributed by atoms with Crippen molar-refractivity contribution in [3.05, 3.63) is 39.7 Å². The van der Waals surface area contributed by atoms with Crippen LogP contribution in [0.1, 0.15) is 58.5 Å². The SMILES string of the molecule is CCC(C)C(NC(=O)OC(C)(C)C)c1nnc(SCc2ccc(Cl)cc2Cl)o1. The van der Waals surface area contributed by atoms with E-state index in [4.69, 9.17) is 32.4 Å². The summed E-state index contributed by atoms with van der Waals surface area (Å²) in [6, 6.07) is 4.91. The van der Waals surface area contributed by atoms with Crippen molar-refractivity contribution in [2.45, 2.75) is 63.7 Å². The first-order valence-electron chi connectivity index (χ1n) is 8.98. The van der Waals surface area contributed by atoms with E-state index in [0.717, 1.165) is 12.0 Å². The Morgan fingerprint density at radius 1 is 1.32 bits per heavy atom. The molecule has 2 unspecified atom stereocenters. The molecule has 0 saturated carbocycles. The first kappa shape index (κ1) is 22.8. The van der Waals surface area contributed by atoms with Gasteiger partial charge in [0, 0.05) is 15.8 Å². The van der Waals surface area contributed by atoms with Crippen LogP contribution in [0.15, 0.2) is 27.8 Å². The second kappa shape index (κ2) is 9.85. The average Bonchev–Trinajstić information content (AvgIpc) is 3.05. The molecule has 6 nitrogen and oxygen atoms in total. The maximum Gasteiger partial charge on any atom is 0.408 e. The molecule has 0 fully saturated rings. The third-order valence-electron chi connectivity index (χ3n) is 3.94. The lowest BCUT2D eigenvalue weighted by atomic mass is 9.99. The van der Waals surface area contributed by atoms with Gasteiger partial charge < -0.3 is 14.5 Å². The third kappa shape index (κ3) is 6.87. The Labute approximate surface area is 179 Å². The van der Waals surface area contributed by atoms with Gasteiger partial charge in [0.1, 0.15) is 11.6 Å². The highest BCUT2D eigenvalue weighted by Crippen LogP contribution is 2.30. The van der Waals surface area contributed by atoms with Gasteiger partial charge in [-0.15, -0.1) is 10.2 Å². The number of thioether (sulfide) groups is 1. The number of alkyl carbamates (subject to hydrolysis) is 1. The number of amides is 1. The molecule has 2 aromatic rings. The molecular weight excluding hydrogens is 421 g/mol. The van der Waals surface area contributed by atoms with Gasteiger partial charge in [-0.1, -0.05) is 61.3 Å². The second-order valence-corrected chi connectivity index (χ2v) is 9.21. The number of carbonyl (C=O) groups is 1. The molecule has 0 radical (unpaired) electrons. The van der Waals surface area contributed by atoms with E-state index in [1.54, 1.807) is 12.1 Å². The summed E-state index contributed by atoms with van der Waals surface area (Å²) in [4.78, 5) is 12.2. The lowest BCUT2D eigenvalue weighted by Crippen LogP contribution is -2.37. The van der Waals surface area contributed by atoms with Gasteiger partial charge in [-0.3, -0.25) is 0 Å². The van der Waals surface area contributed by atoms with Crippen LogP contribution in [0, 0.1) is 5.92 Å². The Bertz CT molecular complexity index is 808. The van der Waals surface area contributed by atoms with Gasteiger partial charge in [0.05, 0.1) is 0 Å². The number of carbonyl (C=O) groups excluding carboxylic acids is 1. The second-order valence-electron chi connectivity index (χ2n) is 7.44. The fourth-order valence-electron chi connectivity index (χ4n) is 2.30. The van der Waals surface area contributed by atoms with E-state index in [1.807, 2.05) is 40.7 Å². The highest BCUT2D eigenvalue weighted by molar-refractivity contribution is 7.98. The Morgan fingerprint density at radius 3 is 2.64 bits per heavy atom. The van der Waals surface area contributed by atoms with Crippen molar-refractivity contribution < 1.29 is 13.9 Å². The molecule has 2 rings (SSSR count). The van der Waals surface area contributed by atoms with E-state index in [-0.39, 0.29) is 5.92 Å². The van der Waals surface area contributed by atoms with Crippen molar-refractivity contribution in [3.8, 4) is 0 Å². The van der Waals surface area contributed by atoms with Crippen molar-refractivity contribution in [1.29, 1.82) is 0 Å². The van der Waals surface area contributed by atoms with Crippen LogP contribution in [0.3, 0.4) is 0 Å². The van der Waals surface area contributed by atoms with E-state index in [0.29, 0.717) is 26.9 Å². The smallest absolute Gasteiger partial charge is 0.408 e. The number of hydrogen-bond donors (Lipinski definition) is 1. The Balaban J connectivity index is 2.07. The summed E-state index contributed by atoms with van der Waals surface area (Å²) >= 11 is 13.5. The van der Waals surface area contributed by atoms with E-state index in [2.05, 4.69) is 15.5 Å². The highest BCUT2D eigenvalue weighted by Gasteiger charge is 2.28. The largest absolute Gasteiger partial charge is 0.444 e. The van der Waals surface area contributed by atoms with Crippen molar-refractivity contribution in [2.24, 2.45) is 5.92 Å². The first-order valence-corrected chi connectivity index (χ1v) is 10.7. The number of hydrogen-bond acceptors (Lipinski definition) is 6. The van der Waals surface area contributed by atoms with Gasteiger partial charge in [-0.25, -0.2) is 4.79 Å². The maximum absolute atomic E-state index is 12.2. The predicted molar refractivity (Wildman–Crippen MR) is 112 cm³/mol. The Kier molecular flexibility index (Phi) is 8.04. The molecule has 1 amide bonds. The monoisotopic (exact) mass is 445 g/mol. The molecule has 2 atom stereocenters. The standard InChI is InChI=1S/C19H25Cl2N3O3S/c1-6-11(2)15(22-17(25)27-19(3,4)5)16-23-24-18(26-16)28-10-12-7-8-13(20)9-14(12)21/h7-9,11,15H,6,10H2,1-5H3,(H,22,25). The molecule has 28 heavy (non-hydrogen) atoms. The van der Waals surface area contributed by atoms with Crippen LogP contribution in [0.2, 0.25) is 10.0 Å². The molecular formula is C19H25Cl2N3O3S. The molecule has 0 aliphatic heterocycles. The number of ether oxygens (including phenoxy) is 1. The number of halogens is 2. The summed E-state index contributed by atoms with van der Waals surface area (Å²) in [6.07, 6.45) is 0.309. The fraction of sp³-hybridized carbons (Fsp3) is 0.526. The molecule has 0 saturated heterocycles. The molecule has 1 aromatic heterocycles. The first-order chi connectivity index (χ1) is 13.1. The van der Waals surface area contributed by atoms with Crippen molar-refractivity contribution in [2.75, 3.05) is 0 Å². The van der Waals surface area contributed by atoms with E-state index < -0.39 is 17.7 Å². The molecule has 154 valence electrons. The zero-order chi connectivity index (χ0) is 20.9. The Morgan fingerprint density at radius 2 is 2.04 bits per heavy atom. The van der Waals surface area contributed by atoms with E-state index in [9.17, 15) is 4.79 Å². The molecule has 1 heterocycles. The molecule has 9 heteroatoms.